The fourth-order valence-corrected chi connectivity index (χ4v) is 1.45. The molecule has 0 saturated heterocycles. The monoisotopic (exact) mass is 278 g/mol. The third-order valence-corrected chi connectivity index (χ3v) is 3.11. The lowest BCUT2D eigenvalue weighted by molar-refractivity contribution is -0.152. The van der Waals surface area contributed by atoms with Crippen LogP contribution in [0.15, 0.2) is 24.3 Å². The summed E-state index contributed by atoms with van der Waals surface area (Å²) >= 11 is 0. The third-order valence-electron chi connectivity index (χ3n) is 3.11. The molecule has 0 aliphatic carbocycles. The molecule has 0 bridgehead atoms. The van der Waals surface area contributed by atoms with E-state index in [1.54, 1.807) is 12.1 Å². The summed E-state index contributed by atoms with van der Waals surface area (Å²) in [5, 5.41) is 0. The normalized spacial score (nSPS) is 12.1. The highest BCUT2D eigenvalue weighted by molar-refractivity contribution is 5.79. The topological polar surface area (TPSA) is 52.6 Å². The molecule has 110 valence electrons. The molecule has 0 aromatic heterocycles. The highest BCUT2D eigenvalue weighted by atomic mass is 16.5. The van der Waals surface area contributed by atoms with Gasteiger partial charge >= 0.3 is 11.9 Å². The maximum Gasteiger partial charge on any atom is 0.311 e. The Morgan fingerprint density at radius 2 is 1.65 bits per heavy atom. The highest BCUT2D eigenvalue weighted by Crippen LogP contribution is 2.17. The van der Waals surface area contributed by atoms with E-state index in [0.717, 1.165) is 5.56 Å². The first-order valence-electron chi connectivity index (χ1n) is 6.86. The van der Waals surface area contributed by atoms with Gasteiger partial charge in [-0.1, -0.05) is 32.0 Å². The van der Waals surface area contributed by atoms with Gasteiger partial charge in [0.05, 0.1) is 12.8 Å². The van der Waals surface area contributed by atoms with Crippen LogP contribution in [0.5, 0.6) is 5.75 Å². The number of carbonyl (C=O) groups excluding carboxylic acids is 2. The van der Waals surface area contributed by atoms with Crippen molar-refractivity contribution in [1.82, 2.24) is 0 Å². The summed E-state index contributed by atoms with van der Waals surface area (Å²) in [6.45, 7) is 7.66. The Morgan fingerprint density at radius 1 is 1.05 bits per heavy atom. The van der Waals surface area contributed by atoms with Crippen molar-refractivity contribution in [2.75, 3.05) is 0 Å². The Kier molecular flexibility index (Phi) is 6.22. The second kappa shape index (κ2) is 7.68. The van der Waals surface area contributed by atoms with E-state index in [4.69, 9.17) is 9.47 Å². The van der Waals surface area contributed by atoms with Crippen molar-refractivity contribution in [1.29, 1.82) is 0 Å². The van der Waals surface area contributed by atoms with Crippen molar-refractivity contribution >= 4 is 11.9 Å². The first-order valence-corrected chi connectivity index (χ1v) is 6.86. The van der Waals surface area contributed by atoms with Crippen LogP contribution in [-0.2, 0) is 14.3 Å². The van der Waals surface area contributed by atoms with E-state index in [0.29, 0.717) is 5.75 Å². The Bertz CT molecular complexity index is 465. The number of hydrogen-bond acceptors (Lipinski definition) is 4. The molecule has 0 aliphatic rings. The first kappa shape index (κ1) is 16.2. The van der Waals surface area contributed by atoms with Crippen LogP contribution in [0.1, 0.15) is 39.2 Å². The van der Waals surface area contributed by atoms with E-state index in [2.05, 4.69) is 0 Å². The maximum absolute atomic E-state index is 11.7. The Balaban J connectivity index is 2.37. The number of benzene rings is 1. The SMILES string of the molecule is Cc1ccccc1OC(=O)CCC(=O)OC(C)C(C)C. The van der Waals surface area contributed by atoms with Gasteiger partial charge in [-0.3, -0.25) is 9.59 Å². The van der Waals surface area contributed by atoms with Crippen LogP contribution >= 0.6 is 0 Å². The van der Waals surface area contributed by atoms with Crippen LogP contribution in [-0.4, -0.2) is 18.0 Å². The van der Waals surface area contributed by atoms with Gasteiger partial charge in [-0.15, -0.1) is 0 Å². The van der Waals surface area contributed by atoms with E-state index in [9.17, 15) is 9.59 Å². The average Bonchev–Trinajstić information content (AvgIpc) is 2.39. The minimum absolute atomic E-state index is 0.0258. The summed E-state index contributed by atoms with van der Waals surface area (Å²) in [7, 11) is 0. The zero-order valence-electron chi connectivity index (χ0n) is 12.5. The molecule has 0 fully saturated rings. The molecule has 0 saturated carbocycles. The largest absolute Gasteiger partial charge is 0.462 e. The van der Waals surface area contributed by atoms with Gasteiger partial charge in [-0.25, -0.2) is 0 Å². The highest BCUT2D eigenvalue weighted by Gasteiger charge is 2.15. The molecule has 1 atom stereocenters. The second-order valence-electron chi connectivity index (χ2n) is 5.18. The molecular formula is C16H22O4. The number of rotatable bonds is 6. The molecule has 0 radical (unpaired) electrons. The van der Waals surface area contributed by atoms with Crippen molar-refractivity contribution in [3.05, 3.63) is 29.8 Å². The van der Waals surface area contributed by atoms with E-state index < -0.39 is 5.97 Å². The number of ether oxygens (including phenoxy) is 2. The molecule has 1 rings (SSSR count). The standard InChI is InChI=1S/C16H22O4/c1-11(2)13(4)19-15(17)9-10-16(18)20-14-8-6-5-7-12(14)3/h5-8,11,13H,9-10H2,1-4H3. The van der Waals surface area contributed by atoms with Crippen LogP contribution in [0.2, 0.25) is 0 Å². The smallest absolute Gasteiger partial charge is 0.311 e. The lowest BCUT2D eigenvalue weighted by Gasteiger charge is -2.16. The molecule has 0 heterocycles. The van der Waals surface area contributed by atoms with E-state index in [1.807, 2.05) is 39.8 Å². The minimum atomic E-state index is -0.423. The summed E-state index contributed by atoms with van der Waals surface area (Å²) in [4.78, 5) is 23.2. The lowest BCUT2D eigenvalue weighted by atomic mass is 10.1. The third kappa shape index (κ3) is 5.43. The van der Waals surface area contributed by atoms with Gasteiger partial charge in [0.15, 0.2) is 0 Å². The Morgan fingerprint density at radius 3 is 2.25 bits per heavy atom. The van der Waals surface area contributed by atoms with Crippen LogP contribution in [0.25, 0.3) is 0 Å². The van der Waals surface area contributed by atoms with E-state index in [-0.39, 0.29) is 30.8 Å². The quantitative estimate of drug-likeness (QED) is 0.592. The van der Waals surface area contributed by atoms with Gasteiger partial charge in [-0.2, -0.15) is 0 Å². The summed E-state index contributed by atoms with van der Waals surface area (Å²) in [6.07, 6.45) is -0.0744. The molecule has 4 nitrogen and oxygen atoms in total. The fourth-order valence-electron chi connectivity index (χ4n) is 1.45. The summed E-state index contributed by atoms with van der Waals surface area (Å²) in [5.74, 6) is 0.000620. The second-order valence-corrected chi connectivity index (χ2v) is 5.18. The predicted molar refractivity (Wildman–Crippen MR) is 76.4 cm³/mol. The molecular weight excluding hydrogens is 256 g/mol. The van der Waals surface area contributed by atoms with Crippen LogP contribution < -0.4 is 4.74 Å². The molecule has 1 aromatic rings. The van der Waals surface area contributed by atoms with Crippen molar-refractivity contribution < 1.29 is 19.1 Å². The summed E-state index contributed by atoms with van der Waals surface area (Å²) in [6, 6.07) is 7.26. The lowest BCUT2D eigenvalue weighted by Crippen LogP contribution is -2.21. The average molecular weight is 278 g/mol. The Labute approximate surface area is 120 Å². The van der Waals surface area contributed by atoms with Gasteiger partial charge in [0.1, 0.15) is 11.9 Å². The van der Waals surface area contributed by atoms with Gasteiger partial charge in [0.25, 0.3) is 0 Å². The molecule has 20 heavy (non-hydrogen) atoms. The Hall–Kier alpha value is -1.84. The van der Waals surface area contributed by atoms with Crippen LogP contribution in [0.3, 0.4) is 0 Å². The zero-order chi connectivity index (χ0) is 15.1. The van der Waals surface area contributed by atoms with Crippen molar-refractivity contribution in [2.45, 2.75) is 46.6 Å². The molecule has 1 unspecified atom stereocenters. The van der Waals surface area contributed by atoms with Crippen molar-refractivity contribution in [3.8, 4) is 5.75 Å². The predicted octanol–water partition coefficient (Wildman–Crippen LogP) is 3.27. The molecule has 0 amide bonds. The molecule has 4 heteroatoms. The van der Waals surface area contributed by atoms with E-state index in [1.165, 1.54) is 0 Å². The first-order chi connectivity index (χ1) is 9.40. The molecule has 0 spiro atoms. The van der Waals surface area contributed by atoms with Gasteiger partial charge in [-0.05, 0) is 31.4 Å². The summed E-state index contributed by atoms with van der Waals surface area (Å²) < 4.78 is 10.4. The summed E-state index contributed by atoms with van der Waals surface area (Å²) in [5.41, 5.74) is 0.886. The van der Waals surface area contributed by atoms with Crippen LogP contribution in [0.4, 0.5) is 0 Å². The number of para-hydroxylation sites is 1. The maximum atomic E-state index is 11.7. The van der Waals surface area contributed by atoms with Crippen molar-refractivity contribution in [3.63, 3.8) is 0 Å². The molecule has 0 N–H and O–H groups in total. The van der Waals surface area contributed by atoms with Crippen LogP contribution in [0, 0.1) is 12.8 Å². The minimum Gasteiger partial charge on any atom is -0.462 e. The molecule has 1 aromatic carbocycles. The van der Waals surface area contributed by atoms with E-state index >= 15 is 0 Å². The van der Waals surface area contributed by atoms with Gasteiger partial charge < -0.3 is 9.47 Å². The number of aryl methyl sites for hydroxylation is 1. The van der Waals surface area contributed by atoms with Gasteiger partial charge in [0, 0.05) is 0 Å². The molecule has 0 aliphatic heterocycles. The van der Waals surface area contributed by atoms with Crippen molar-refractivity contribution in [2.24, 2.45) is 5.92 Å². The fraction of sp³-hybridized carbons (Fsp3) is 0.500. The zero-order valence-corrected chi connectivity index (χ0v) is 12.5. The van der Waals surface area contributed by atoms with Gasteiger partial charge in [0.2, 0.25) is 0 Å². The number of hydrogen-bond donors (Lipinski definition) is 0. The number of esters is 2. The number of carbonyl (C=O) groups is 2.